The van der Waals surface area contributed by atoms with Gasteiger partial charge >= 0.3 is 0 Å². The second kappa shape index (κ2) is 8.61. The first-order chi connectivity index (χ1) is 17.4. The van der Waals surface area contributed by atoms with E-state index in [0.717, 1.165) is 0 Å². The highest BCUT2D eigenvalue weighted by atomic mass is 16.7. The van der Waals surface area contributed by atoms with E-state index in [1.807, 2.05) is 0 Å². The van der Waals surface area contributed by atoms with E-state index in [2.05, 4.69) is 0 Å². The van der Waals surface area contributed by atoms with E-state index in [1.165, 1.54) is 25.1 Å². The molecule has 2 aromatic carbocycles. The zero-order valence-corrected chi connectivity index (χ0v) is 20.2. The first-order valence-electron chi connectivity index (χ1n) is 11.9. The molecule has 11 heteroatoms. The summed E-state index contributed by atoms with van der Waals surface area (Å²) < 4.78 is 11.8. The summed E-state index contributed by atoms with van der Waals surface area (Å²) in [5, 5.41) is 43.9. The Labute approximate surface area is 211 Å². The van der Waals surface area contributed by atoms with Crippen LogP contribution in [0, 0.1) is 0 Å². The van der Waals surface area contributed by atoms with E-state index in [-0.39, 0.29) is 40.8 Å². The van der Waals surface area contributed by atoms with Gasteiger partial charge in [0.2, 0.25) is 0 Å². The minimum absolute atomic E-state index is 0.0327. The highest BCUT2D eigenvalue weighted by molar-refractivity contribution is 6.32. The van der Waals surface area contributed by atoms with Gasteiger partial charge in [0.05, 0.1) is 35.0 Å². The number of phenolic OH excluding ortho intramolecular Hbond substituents is 2. The molecule has 5 rings (SSSR count). The molecule has 1 fully saturated rings. The number of carbonyl (C=O) groups is 3. The molecule has 0 bridgehead atoms. The van der Waals surface area contributed by atoms with Gasteiger partial charge in [-0.25, -0.2) is 0 Å². The smallest absolute Gasteiger partial charge is 0.200 e. The fraction of sp³-hybridized carbons (Fsp3) is 0.423. The molecule has 1 saturated heterocycles. The zero-order valence-electron chi connectivity index (χ0n) is 20.2. The van der Waals surface area contributed by atoms with Crippen LogP contribution in [0.4, 0.5) is 5.69 Å². The van der Waals surface area contributed by atoms with Gasteiger partial charge in [-0.15, -0.1) is 0 Å². The fourth-order valence-corrected chi connectivity index (χ4v) is 5.55. The summed E-state index contributed by atoms with van der Waals surface area (Å²) >= 11 is 0. The Bertz CT molecular complexity index is 1340. The summed E-state index contributed by atoms with van der Waals surface area (Å²) in [5.41, 5.74) is 8.89. The fourth-order valence-electron chi connectivity index (χ4n) is 5.55. The molecule has 3 aliphatic rings. The van der Waals surface area contributed by atoms with Gasteiger partial charge in [0.25, 0.3) is 0 Å². The Balaban J connectivity index is 1.68. The lowest BCUT2D eigenvalue weighted by Gasteiger charge is -2.42. The maximum Gasteiger partial charge on any atom is 0.200 e. The largest absolute Gasteiger partial charge is 0.507 e. The quantitative estimate of drug-likeness (QED) is 0.212. The predicted octanol–water partition coefficient (Wildman–Crippen LogP) is 0.602. The molecule has 6 atom stereocenters. The molecule has 11 nitrogen and oxygen atoms in total. The number of hydrogen-bond acceptors (Lipinski definition) is 11. The number of benzene rings is 2. The van der Waals surface area contributed by atoms with Crippen LogP contribution in [0.15, 0.2) is 18.2 Å². The van der Waals surface area contributed by atoms with Crippen LogP contribution in [-0.4, -0.2) is 67.9 Å². The number of Topliss-reactive ketones (excluding diaryl/α,β-unsaturated/α-hetero) is 1. The molecule has 0 aromatic heterocycles. The van der Waals surface area contributed by atoms with E-state index in [4.69, 9.17) is 20.9 Å². The van der Waals surface area contributed by atoms with Crippen molar-refractivity contribution in [1.29, 1.82) is 0 Å². The number of aromatic hydroxyl groups is 2. The number of nitrogen functional groups attached to an aromatic ring is 1. The van der Waals surface area contributed by atoms with Crippen molar-refractivity contribution in [3.8, 4) is 11.5 Å². The Morgan fingerprint density at radius 2 is 1.81 bits per heavy atom. The number of fused-ring (bicyclic) bond motifs is 3. The van der Waals surface area contributed by atoms with Gasteiger partial charge in [-0.05, 0) is 19.9 Å². The van der Waals surface area contributed by atoms with E-state index in [1.54, 1.807) is 6.92 Å². The van der Waals surface area contributed by atoms with Gasteiger partial charge in [0.1, 0.15) is 17.1 Å². The molecule has 0 amide bonds. The number of ketones is 3. The highest BCUT2D eigenvalue weighted by Crippen LogP contribution is 2.52. The van der Waals surface area contributed by atoms with Crippen LogP contribution < -0.4 is 11.5 Å². The third-order valence-electron chi connectivity index (χ3n) is 7.65. The number of aliphatic hydroxyl groups is 2. The number of rotatable bonds is 3. The monoisotopic (exact) mass is 512 g/mol. The highest BCUT2D eigenvalue weighted by Gasteiger charge is 2.49. The van der Waals surface area contributed by atoms with Gasteiger partial charge in [-0.1, -0.05) is 12.1 Å². The first-order valence-corrected chi connectivity index (χ1v) is 11.9. The molecule has 0 spiro atoms. The maximum absolute atomic E-state index is 13.5. The molecule has 1 heterocycles. The molecule has 8 N–H and O–H groups in total. The maximum atomic E-state index is 13.5. The molecule has 1 aliphatic heterocycles. The Kier molecular flexibility index (Phi) is 5.89. The van der Waals surface area contributed by atoms with Crippen molar-refractivity contribution in [3.63, 3.8) is 0 Å². The molecular formula is C26H28N2O9. The third kappa shape index (κ3) is 3.73. The number of ether oxygens (including phenoxy) is 2. The van der Waals surface area contributed by atoms with Gasteiger partial charge < -0.3 is 41.4 Å². The van der Waals surface area contributed by atoms with E-state index < -0.39 is 82.6 Å². The number of phenols is 2. The minimum Gasteiger partial charge on any atom is -0.507 e. The summed E-state index contributed by atoms with van der Waals surface area (Å²) in [5.74, 6) is -3.34. The van der Waals surface area contributed by atoms with Crippen LogP contribution in [0.1, 0.15) is 75.8 Å². The van der Waals surface area contributed by atoms with Crippen molar-refractivity contribution in [1.82, 2.24) is 0 Å². The number of aliphatic hydroxyl groups excluding tert-OH is 1. The molecule has 2 aromatic rings. The third-order valence-corrected chi connectivity index (χ3v) is 7.65. The second-order valence-electron chi connectivity index (χ2n) is 10.0. The molecule has 0 radical (unpaired) electrons. The summed E-state index contributed by atoms with van der Waals surface area (Å²) in [7, 11) is 0. The Morgan fingerprint density at radius 3 is 2.46 bits per heavy atom. The molecule has 37 heavy (non-hydrogen) atoms. The van der Waals surface area contributed by atoms with Crippen molar-refractivity contribution in [2.45, 2.75) is 69.4 Å². The van der Waals surface area contributed by atoms with E-state index in [0.29, 0.717) is 0 Å². The van der Waals surface area contributed by atoms with Crippen LogP contribution in [-0.2, 0) is 20.7 Å². The average Bonchev–Trinajstić information content (AvgIpc) is 2.82. The molecular weight excluding hydrogens is 484 g/mol. The summed E-state index contributed by atoms with van der Waals surface area (Å²) in [6.45, 7) is 2.78. The van der Waals surface area contributed by atoms with E-state index in [9.17, 15) is 34.8 Å². The normalized spacial score (nSPS) is 30.9. The van der Waals surface area contributed by atoms with Crippen LogP contribution in [0.2, 0.25) is 0 Å². The van der Waals surface area contributed by atoms with Crippen LogP contribution in [0.5, 0.6) is 11.5 Å². The lowest BCUT2D eigenvalue weighted by atomic mass is 9.72. The Morgan fingerprint density at radius 1 is 1.14 bits per heavy atom. The lowest BCUT2D eigenvalue weighted by molar-refractivity contribution is -0.247. The van der Waals surface area contributed by atoms with Crippen LogP contribution >= 0.6 is 0 Å². The topological polar surface area (TPSA) is 203 Å². The van der Waals surface area contributed by atoms with Gasteiger partial charge in [0.15, 0.2) is 23.6 Å². The summed E-state index contributed by atoms with van der Waals surface area (Å²) in [6.07, 6.45) is -4.53. The zero-order chi connectivity index (χ0) is 27.0. The number of hydrogen-bond donors (Lipinski definition) is 6. The van der Waals surface area contributed by atoms with Crippen molar-refractivity contribution in [2.24, 2.45) is 5.73 Å². The Hall–Kier alpha value is -3.35. The summed E-state index contributed by atoms with van der Waals surface area (Å²) in [6, 6.07) is 3.64. The van der Waals surface area contributed by atoms with Crippen molar-refractivity contribution >= 4 is 23.0 Å². The van der Waals surface area contributed by atoms with Gasteiger partial charge in [0, 0.05) is 47.7 Å². The summed E-state index contributed by atoms with van der Waals surface area (Å²) in [4.78, 5) is 39.3. The molecule has 2 aliphatic carbocycles. The molecule has 1 unspecified atom stereocenters. The second-order valence-corrected chi connectivity index (χ2v) is 10.0. The van der Waals surface area contributed by atoms with Gasteiger partial charge in [-0.2, -0.15) is 0 Å². The van der Waals surface area contributed by atoms with Crippen LogP contribution in [0.25, 0.3) is 0 Å². The van der Waals surface area contributed by atoms with Crippen molar-refractivity contribution in [3.05, 3.63) is 51.6 Å². The lowest BCUT2D eigenvalue weighted by Crippen LogP contribution is -2.52. The number of nitrogens with two attached hydrogens (primary N) is 2. The number of anilines is 1. The molecule has 0 saturated carbocycles. The molecule has 196 valence electrons. The van der Waals surface area contributed by atoms with E-state index >= 15 is 0 Å². The SMILES string of the molecule is CC(=O)[C@]1(O)Cc2c(O)c3c(c(O)c2[C@@H](OC2C[C@H](N)[C@H](O)[C@H](C)O2)C1)C(=O)c1c(N)cccc1C3=O. The van der Waals surface area contributed by atoms with Crippen molar-refractivity contribution < 1.29 is 44.3 Å². The van der Waals surface area contributed by atoms with Gasteiger partial charge in [-0.3, -0.25) is 14.4 Å². The standard InChI is InChI=1S/C26H28N2O9/c1-9-21(30)14(28)6-16(36-9)37-15-8-26(35,10(2)29)7-12-18(15)25(34)20-19(23(12)32)22(31)11-4-3-5-13(27)17(11)24(20)33/h3-5,9,14-16,21,30,32,34-35H,6-8,27-28H2,1-2H3/t9-,14-,15-,16?,21+,26-/m0/s1. The first kappa shape index (κ1) is 25.3. The predicted molar refractivity (Wildman–Crippen MR) is 128 cm³/mol. The van der Waals surface area contributed by atoms with Crippen molar-refractivity contribution in [2.75, 3.05) is 5.73 Å². The minimum atomic E-state index is -2.00. The van der Waals surface area contributed by atoms with Crippen LogP contribution in [0.3, 0.4) is 0 Å². The number of carbonyl (C=O) groups excluding carboxylic acids is 3. The average molecular weight is 513 g/mol.